The van der Waals surface area contributed by atoms with E-state index in [0.29, 0.717) is 18.4 Å². The summed E-state index contributed by atoms with van der Waals surface area (Å²) in [5, 5.41) is 12.0. The fraction of sp³-hybridized carbons (Fsp3) is 0.550. The average Bonchev–Trinajstić information content (AvgIpc) is 2.92. The molecule has 0 amide bonds. The molecular weight excluding hydrogens is 336 g/mol. The summed E-state index contributed by atoms with van der Waals surface area (Å²) in [4.78, 5) is 38.3. The van der Waals surface area contributed by atoms with Crippen LogP contribution in [0.15, 0.2) is 6.07 Å². The summed E-state index contributed by atoms with van der Waals surface area (Å²) >= 11 is 0. The van der Waals surface area contributed by atoms with Crippen molar-refractivity contribution in [3.63, 3.8) is 0 Å². The second-order valence-electron chi connectivity index (χ2n) is 8.19. The molecule has 6 nitrogen and oxygen atoms in total. The number of rotatable bonds is 1. The fourth-order valence-electron chi connectivity index (χ4n) is 6.15. The Morgan fingerprint density at radius 3 is 2.77 bits per heavy atom. The van der Waals surface area contributed by atoms with Crippen molar-refractivity contribution in [3.8, 4) is 0 Å². The van der Waals surface area contributed by atoms with Gasteiger partial charge in [-0.25, -0.2) is 4.79 Å². The molecule has 2 saturated heterocycles. The first kappa shape index (κ1) is 16.0. The second kappa shape index (κ2) is 4.55. The van der Waals surface area contributed by atoms with Crippen LogP contribution in [0.2, 0.25) is 0 Å². The summed E-state index contributed by atoms with van der Waals surface area (Å²) in [5.41, 5.74) is -0.125. The molecule has 1 saturated carbocycles. The minimum Gasteiger partial charge on any atom is -0.465 e. The van der Waals surface area contributed by atoms with Crippen molar-refractivity contribution >= 4 is 17.7 Å². The van der Waals surface area contributed by atoms with E-state index in [4.69, 9.17) is 9.47 Å². The summed E-state index contributed by atoms with van der Waals surface area (Å²) in [6, 6.07) is 1.67. The van der Waals surface area contributed by atoms with E-state index in [1.165, 1.54) is 7.11 Å². The first-order valence-corrected chi connectivity index (χ1v) is 8.99. The maximum Gasteiger partial charge on any atom is 0.338 e. The molecule has 0 radical (unpaired) electrons. The molecule has 26 heavy (non-hydrogen) atoms. The quantitative estimate of drug-likeness (QED) is 0.770. The van der Waals surface area contributed by atoms with E-state index >= 15 is 0 Å². The van der Waals surface area contributed by atoms with Crippen molar-refractivity contribution in [2.75, 3.05) is 7.11 Å². The number of ether oxygens (including phenoxy) is 2. The van der Waals surface area contributed by atoms with Crippen LogP contribution in [0.1, 0.15) is 57.2 Å². The van der Waals surface area contributed by atoms with Gasteiger partial charge in [-0.2, -0.15) is 0 Å². The van der Waals surface area contributed by atoms with Crippen LogP contribution in [-0.4, -0.2) is 36.0 Å². The number of hydrogen-bond acceptors (Lipinski definition) is 6. The van der Waals surface area contributed by atoms with Gasteiger partial charge < -0.3 is 14.6 Å². The lowest BCUT2D eigenvalue weighted by molar-refractivity contribution is -0.270. The zero-order valence-electron chi connectivity index (χ0n) is 14.9. The minimum atomic E-state index is -1.46. The number of carbonyl (C=O) groups is 3. The van der Waals surface area contributed by atoms with Gasteiger partial charge in [-0.3, -0.25) is 9.59 Å². The molecule has 5 atom stereocenters. The summed E-state index contributed by atoms with van der Waals surface area (Å²) in [6.45, 7) is 3.78. The second-order valence-corrected chi connectivity index (χ2v) is 8.19. The molecule has 1 aromatic rings. The van der Waals surface area contributed by atoms with Crippen molar-refractivity contribution < 1.29 is 29.0 Å². The highest BCUT2D eigenvalue weighted by atomic mass is 16.6. The molecule has 0 unspecified atom stereocenters. The number of esters is 2. The third-order valence-corrected chi connectivity index (χ3v) is 7.30. The smallest absolute Gasteiger partial charge is 0.338 e. The van der Waals surface area contributed by atoms with Crippen LogP contribution in [0, 0.1) is 24.2 Å². The Balaban J connectivity index is 1.90. The van der Waals surface area contributed by atoms with Crippen LogP contribution in [0.5, 0.6) is 0 Å². The number of Topliss-reactive ketones (excluding diaryl/α,β-unsaturated/α-hetero) is 1. The molecule has 6 rings (SSSR count). The average molecular weight is 356 g/mol. The maximum absolute atomic E-state index is 13.2. The molecule has 2 aliphatic heterocycles. The van der Waals surface area contributed by atoms with Crippen LogP contribution >= 0.6 is 0 Å². The highest BCUT2D eigenvalue weighted by molar-refractivity contribution is 6.11. The number of ketones is 1. The Bertz CT molecular complexity index is 917. The minimum absolute atomic E-state index is 0.133. The van der Waals surface area contributed by atoms with E-state index in [2.05, 4.69) is 0 Å². The third kappa shape index (κ3) is 1.41. The number of aryl methyl sites for hydroxylation is 1. The first-order valence-electron chi connectivity index (χ1n) is 8.99. The zero-order valence-corrected chi connectivity index (χ0v) is 14.9. The van der Waals surface area contributed by atoms with Gasteiger partial charge in [0.25, 0.3) is 0 Å². The molecule has 136 valence electrons. The Hall–Kier alpha value is -2.21. The molecule has 1 spiro atoms. The number of hydrogen-bond donors (Lipinski definition) is 1. The zero-order chi connectivity index (χ0) is 18.6. The highest BCUT2D eigenvalue weighted by Gasteiger charge is 2.77. The van der Waals surface area contributed by atoms with Gasteiger partial charge in [-0.15, -0.1) is 0 Å². The maximum atomic E-state index is 13.2. The van der Waals surface area contributed by atoms with E-state index in [1.807, 2.05) is 13.8 Å². The van der Waals surface area contributed by atoms with Crippen molar-refractivity contribution in [1.29, 1.82) is 0 Å². The van der Waals surface area contributed by atoms with Gasteiger partial charge >= 0.3 is 11.9 Å². The largest absolute Gasteiger partial charge is 0.465 e. The molecule has 6 heteroatoms. The highest BCUT2D eigenvalue weighted by Crippen LogP contribution is 2.69. The van der Waals surface area contributed by atoms with Gasteiger partial charge in [-0.05, 0) is 42.9 Å². The molecule has 0 aromatic heterocycles. The van der Waals surface area contributed by atoms with Crippen LogP contribution in [0.3, 0.4) is 0 Å². The van der Waals surface area contributed by atoms with Crippen LogP contribution < -0.4 is 0 Å². The Kier molecular flexibility index (Phi) is 2.80. The van der Waals surface area contributed by atoms with Crippen molar-refractivity contribution in [1.82, 2.24) is 0 Å². The molecular formula is C20H20O6. The van der Waals surface area contributed by atoms with Crippen LogP contribution in [-0.2, 0) is 26.3 Å². The topological polar surface area (TPSA) is 89.9 Å². The Morgan fingerprint density at radius 2 is 2.12 bits per heavy atom. The molecule has 1 N–H and O–H groups in total. The SMILES string of the molecule is COC(=O)c1cc(C)c2c3c1C(=O)C[C@@]14C(=O)O[C@@H](C[C@@H]1C)[C@@H](C2)[C@@]34O. The van der Waals surface area contributed by atoms with Gasteiger partial charge in [-0.1, -0.05) is 6.92 Å². The van der Waals surface area contributed by atoms with E-state index in [-0.39, 0.29) is 41.3 Å². The van der Waals surface area contributed by atoms with E-state index in [1.54, 1.807) is 6.07 Å². The van der Waals surface area contributed by atoms with Gasteiger partial charge in [0.05, 0.1) is 12.7 Å². The molecule has 5 aliphatic rings. The summed E-state index contributed by atoms with van der Waals surface area (Å²) in [5.74, 6) is -1.81. The molecule has 2 heterocycles. The number of benzene rings is 1. The Morgan fingerprint density at radius 1 is 1.38 bits per heavy atom. The summed E-state index contributed by atoms with van der Waals surface area (Å²) in [7, 11) is 1.27. The van der Waals surface area contributed by atoms with Gasteiger partial charge in [0, 0.05) is 23.5 Å². The van der Waals surface area contributed by atoms with E-state index < -0.39 is 23.0 Å². The lowest BCUT2D eigenvalue weighted by Crippen LogP contribution is -2.71. The van der Waals surface area contributed by atoms with E-state index in [0.717, 1.165) is 11.1 Å². The number of methoxy groups -OCH3 is 1. The van der Waals surface area contributed by atoms with Crippen molar-refractivity contribution in [3.05, 3.63) is 33.9 Å². The number of aliphatic hydroxyl groups is 1. The monoisotopic (exact) mass is 356 g/mol. The van der Waals surface area contributed by atoms with Crippen LogP contribution in [0.25, 0.3) is 0 Å². The lowest BCUT2D eigenvalue weighted by atomic mass is 9.47. The van der Waals surface area contributed by atoms with Crippen molar-refractivity contribution in [2.24, 2.45) is 17.3 Å². The van der Waals surface area contributed by atoms with Crippen LogP contribution in [0.4, 0.5) is 0 Å². The fourth-order valence-corrected chi connectivity index (χ4v) is 6.15. The molecule has 1 aromatic carbocycles. The molecule has 3 fully saturated rings. The Labute approximate surface area is 150 Å². The predicted molar refractivity (Wildman–Crippen MR) is 88.7 cm³/mol. The summed E-state index contributed by atoms with van der Waals surface area (Å²) < 4.78 is 10.5. The van der Waals surface area contributed by atoms with Crippen molar-refractivity contribution in [2.45, 2.75) is 44.8 Å². The number of carbonyl (C=O) groups excluding carboxylic acids is 3. The normalized spacial score (nSPS) is 38.8. The van der Waals surface area contributed by atoms with Gasteiger partial charge in [0.2, 0.25) is 0 Å². The first-order chi connectivity index (χ1) is 12.3. The van der Waals surface area contributed by atoms with Gasteiger partial charge in [0.1, 0.15) is 17.1 Å². The molecule has 2 bridgehead atoms. The third-order valence-electron chi connectivity index (χ3n) is 7.30. The van der Waals surface area contributed by atoms with E-state index in [9.17, 15) is 19.5 Å². The summed E-state index contributed by atoms with van der Waals surface area (Å²) in [6.07, 6.45) is 0.704. The lowest BCUT2D eigenvalue weighted by Gasteiger charge is -2.61. The number of fused-ring (bicyclic) bond motifs is 2. The standard InChI is InChI=1S/C20H20O6/c1-8-4-11(17(22)25-3)15-13(21)7-19-9(2)5-14(26-18(19)23)12-6-10(8)16(15)20(12,19)24/h4,9,12,14,24H,5-7H2,1-3H3/t9-,12+,14-,19-,20+/m0/s1. The predicted octanol–water partition coefficient (Wildman–Crippen LogP) is 1.68. The van der Waals surface area contributed by atoms with Gasteiger partial charge in [0.15, 0.2) is 5.78 Å². The molecule has 3 aliphatic carbocycles.